The van der Waals surface area contributed by atoms with Gasteiger partial charge in [0.05, 0.1) is 22.3 Å². The molecule has 0 aliphatic heterocycles. The molecular weight excluding hydrogens is 316 g/mol. The van der Waals surface area contributed by atoms with E-state index in [-0.39, 0.29) is 6.04 Å². The summed E-state index contributed by atoms with van der Waals surface area (Å²) >= 11 is 7.44. The van der Waals surface area contributed by atoms with Gasteiger partial charge >= 0.3 is 0 Å². The second kappa shape index (κ2) is 6.03. The molecule has 0 saturated heterocycles. The summed E-state index contributed by atoms with van der Waals surface area (Å²) < 4.78 is 25.6. The minimum Gasteiger partial charge on any atom is -0.378 e. The maximum Gasteiger partial charge on any atom is 0.229 e. The number of anilines is 2. The second-order valence-corrected chi connectivity index (χ2v) is 7.96. The molecule has 2 N–H and O–H groups in total. The lowest BCUT2D eigenvalue weighted by molar-refractivity contribution is 0.607. The Morgan fingerprint density at radius 2 is 1.90 bits per heavy atom. The van der Waals surface area contributed by atoms with Crippen LogP contribution in [0.15, 0.2) is 36.4 Å². The summed E-state index contributed by atoms with van der Waals surface area (Å²) in [5.41, 5.74) is 1.38. The highest BCUT2D eigenvalue weighted by molar-refractivity contribution is 7.92. The highest BCUT2D eigenvalue weighted by Gasteiger charge is 2.09. The van der Waals surface area contributed by atoms with Crippen LogP contribution in [0.2, 0.25) is 4.34 Å². The largest absolute Gasteiger partial charge is 0.378 e. The first-order valence-corrected chi connectivity index (χ1v) is 9.02. The van der Waals surface area contributed by atoms with Crippen molar-refractivity contribution in [2.75, 3.05) is 16.3 Å². The van der Waals surface area contributed by atoms with E-state index >= 15 is 0 Å². The van der Waals surface area contributed by atoms with Crippen LogP contribution >= 0.6 is 22.9 Å². The fourth-order valence-corrected chi connectivity index (χ4v) is 3.39. The first kappa shape index (κ1) is 15.2. The highest BCUT2D eigenvalue weighted by Crippen LogP contribution is 2.29. The van der Waals surface area contributed by atoms with Crippen molar-refractivity contribution in [3.05, 3.63) is 45.6 Å². The molecule has 1 heterocycles. The first-order chi connectivity index (χ1) is 9.33. The summed E-state index contributed by atoms with van der Waals surface area (Å²) in [6, 6.07) is 11.1. The summed E-state index contributed by atoms with van der Waals surface area (Å²) in [7, 11) is -3.26. The van der Waals surface area contributed by atoms with Gasteiger partial charge in [0.25, 0.3) is 0 Å². The number of thiophene rings is 1. The van der Waals surface area contributed by atoms with Gasteiger partial charge in [0.2, 0.25) is 10.0 Å². The van der Waals surface area contributed by atoms with E-state index in [4.69, 9.17) is 11.6 Å². The van der Waals surface area contributed by atoms with Crippen molar-refractivity contribution in [2.24, 2.45) is 0 Å². The molecule has 2 rings (SSSR count). The minimum absolute atomic E-state index is 0.0981. The summed E-state index contributed by atoms with van der Waals surface area (Å²) in [5.74, 6) is 0. The fraction of sp³-hybridized carbons (Fsp3) is 0.231. The van der Waals surface area contributed by atoms with Gasteiger partial charge in [0, 0.05) is 10.6 Å². The van der Waals surface area contributed by atoms with Gasteiger partial charge in [-0.25, -0.2) is 8.42 Å². The number of nitrogens with one attached hydrogen (secondary N) is 2. The third kappa shape index (κ3) is 4.40. The fourth-order valence-electron chi connectivity index (χ4n) is 1.77. The van der Waals surface area contributed by atoms with E-state index in [2.05, 4.69) is 10.0 Å². The van der Waals surface area contributed by atoms with Crippen LogP contribution in [0.3, 0.4) is 0 Å². The smallest absolute Gasteiger partial charge is 0.229 e. The summed E-state index contributed by atoms with van der Waals surface area (Å²) in [5, 5.41) is 3.31. The highest BCUT2D eigenvalue weighted by atomic mass is 35.5. The average Bonchev–Trinajstić information content (AvgIpc) is 2.74. The lowest BCUT2D eigenvalue weighted by Crippen LogP contribution is -2.10. The van der Waals surface area contributed by atoms with E-state index < -0.39 is 10.0 Å². The molecular formula is C13H15ClN2O2S2. The molecule has 20 heavy (non-hydrogen) atoms. The summed E-state index contributed by atoms with van der Waals surface area (Å²) in [6.07, 6.45) is 1.13. The number of halogens is 1. The van der Waals surface area contributed by atoms with Gasteiger partial charge in [-0.05, 0) is 37.3 Å². The molecule has 4 nitrogen and oxygen atoms in total. The third-order valence-electron chi connectivity index (χ3n) is 2.57. The summed E-state index contributed by atoms with van der Waals surface area (Å²) in [6.45, 7) is 2.03. The van der Waals surface area contributed by atoms with Gasteiger partial charge in [-0.1, -0.05) is 17.7 Å². The molecule has 108 valence electrons. The molecule has 0 spiro atoms. The molecule has 1 aromatic carbocycles. The van der Waals surface area contributed by atoms with Crippen LogP contribution < -0.4 is 10.0 Å². The predicted molar refractivity (Wildman–Crippen MR) is 86.3 cm³/mol. The van der Waals surface area contributed by atoms with Gasteiger partial charge in [-0.3, -0.25) is 4.72 Å². The zero-order valence-electron chi connectivity index (χ0n) is 11.1. The quantitative estimate of drug-likeness (QED) is 0.872. The van der Waals surface area contributed by atoms with E-state index in [9.17, 15) is 8.42 Å². The van der Waals surface area contributed by atoms with Crippen LogP contribution in [-0.4, -0.2) is 14.7 Å². The standard InChI is InChI=1S/C13H15ClN2O2S2/c1-9(12-6-7-13(14)19-12)15-10-4-3-5-11(8-10)16-20(2,17)18/h3-9,15-16H,1-2H3. The van der Waals surface area contributed by atoms with Crippen LogP contribution in [0.25, 0.3) is 0 Å². The van der Waals surface area contributed by atoms with Crippen molar-refractivity contribution in [1.82, 2.24) is 0 Å². The Kier molecular flexibility index (Phi) is 4.57. The maximum absolute atomic E-state index is 11.2. The molecule has 1 aromatic heterocycles. The lowest BCUT2D eigenvalue weighted by atomic mass is 10.2. The molecule has 0 saturated carbocycles. The molecule has 0 aliphatic rings. The van der Waals surface area contributed by atoms with Gasteiger partial charge < -0.3 is 5.32 Å². The van der Waals surface area contributed by atoms with Gasteiger partial charge in [0.1, 0.15) is 0 Å². The van der Waals surface area contributed by atoms with E-state index in [1.165, 1.54) is 11.3 Å². The van der Waals surface area contributed by atoms with Crippen molar-refractivity contribution >= 4 is 44.3 Å². The van der Waals surface area contributed by atoms with E-state index in [1.54, 1.807) is 18.2 Å². The molecule has 0 aliphatic carbocycles. The Hall–Kier alpha value is -1.24. The Morgan fingerprint density at radius 3 is 2.50 bits per heavy atom. The molecule has 7 heteroatoms. The minimum atomic E-state index is -3.26. The third-order valence-corrected chi connectivity index (χ3v) is 4.59. The molecule has 1 unspecified atom stereocenters. The van der Waals surface area contributed by atoms with Gasteiger partial charge in [-0.15, -0.1) is 11.3 Å². The molecule has 0 fully saturated rings. The normalized spacial score (nSPS) is 12.9. The topological polar surface area (TPSA) is 58.2 Å². The molecule has 2 aromatic rings. The van der Waals surface area contributed by atoms with Gasteiger partial charge in [0.15, 0.2) is 0 Å². The van der Waals surface area contributed by atoms with Crippen LogP contribution in [0.1, 0.15) is 17.8 Å². The van der Waals surface area contributed by atoms with Crippen molar-refractivity contribution in [1.29, 1.82) is 0 Å². The van der Waals surface area contributed by atoms with E-state index in [1.807, 2.05) is 25.1 Å². The van der Waals surface area contributed by atoms with E-state index in [0.717, 1.165) is 21.2 Å². The van der Waals surface area contributed by atoms with Crippen molar-refractivity contribution in [2.45, 2.75) is 13.0 Å². The molecule has 0 radical (unpaired) electrons. The second-order valence-electron chi connectivity index (χ2n) is 4.46. The number of benzene rings is 1. The zero-order valence-corrected chi connectivity index (χ0v) is 13.4. The number of hydrogen-bond acceptors (Lipinski definition) is 4. The van der Waals surface area contributed by atoms with Crippen LogP contribution in [0.5, 0.6) is 0 Å². The summed E-state index contributed by atoms with van der Waals surface area (Å²) in [4.78, 5) is 1.12. The first-order valence-electron chi connectivity index (χ1n) is 5.93. The van der Waals surface area contributed by atoms with Crippen molar-refractivity contribution in [3.63, 3.8) is 0 Å². The Bertz CT molecular complexity index is 698. The average molecular weight is 331 g/mol. The van der Waals surface area contributed by atoms with Gasteiger partial charge in [-0.2, -0.15) is 0 Å². The number of rotatable bonds is 5. The molecule has 1 atom stereocenters. The maximum atomic E-state index is 11.2. The van der Waals surface area contributed by atoms with Crippen LogP contribution in [-0.2, 0) is 10.0 Å². The van der Waals surface area contributed by atoms with E-state index in [0.29, 0.717) is 5.69 Å². The number of hydrogen-bond donors (Lipinski definition) is 2. The molecule has 0 amide bonds. The zero-order chi connectivity index (χ0) is 14.8. The molecule has 0 bridgehead atoms. The Balaban J connectivity index is 2.11. The monoisotopic (exact) mass is 330 g/mol. The Morgan fingerprint density at radius 1 is 1.20 bits per heavy atom. The number of sulfonamides is 1. The van der Waals surface area contributed by atoms with Crippen molar-refractivity contribution in [3.8, 4) is 0 Å². The predicted octanol–water partition coefficient (Wildman–Crippen LogP) is 3.95. The Labute approximate surface area is 127 Å². The SMILES string of the molecule is CC(Nc1cccc(NS(C)(=O)=O)c1)c1ccc(Cl)s1. The van der Waals surface area contributed by atoms with Crippen molar-refractivity contribution < 1.29 is 8.42 Å². The van der Waals surface area contributed by atoms with Crippen LogP contribution in [0, 0.1) is 0 Å². The lowest BCUT2D eigenvalue weighted by Gasteiger charge is -2.14. The van der Waals surface area contributed by atoms with Crippen LogP contribution in [0.4, 0.5) is 11.4 Å².